The number of carbonyl (C=O) groups excluding carboxylic acids is 1. The van der Waals surface area contributed by atoms with E-state index in [9.17, 15) is 4.79 Å². The van der Waals surface area contributed by atoms with E-state index >= 15 is 0 Å². The molecule has 6 nitrogen and oxygen atoms in total. The predicted molar refractivity (Wildman–Crippen MR) is 129 cm³/mol. The van der Waals surface area contributed by atoms with Crippen LogP contribution in [0.3, 0.4) is 0 Å². The zero-order chi connectivity index (χ0) is 21.9. The molecule has 2 heterocycles. The van der Waals surface area contributed by atoms with Crippen molar-refractivity contribution < 1.29 is 9.53 Å². The number of aromatic nitrogens is 1. The largest absolute Gasteiger partial charge is 0.457 e. The number of fused-ring (bicyclic) bond motifs is 1. The highest BCUT2D eigenvalue weighted by atomic mass is 35.5. The van der Waals surface area contributed by atoms with E-state index in [2.05, 4.69) is 20.9 Å². The molecule has 0 saturated carbocycles. The minimum atomic E-state index is -0.220. The van der Waals surface area contributed by atoms with E-state index in [1.807, 2.05) is 72.8 Å². The standard InChI is InChI=1S/C25H23ClN4O2/c26-17-12-16-13-23(30-24(16)22(14-17)28-19-10-11-27-15-19)25(31)29-18-6-8-21(9-7-18)32-20-4-2-1-3-5-20/h1-9,12-14,19,27-28,30H,10-11,15H2,(H,29,31). The van der Waals surface area contributed by atoms with Crippen LogP contribution in [-0.2, 0) is 0 Å². The molecule has 1 fully saturated rings. The first-order chi connectivity index (χ1) is 15.6. The summed E-state index contributed by atoms with van der Waals surface area (Å²) in [6.45, 7) is 1.90. The lowest BCUT2D eigenvalue weighted by molar-refractivity contribution is 0.102. The summed E-state index contributed by atoms with van der Waals surface area (Å²) in [7, 11) is 0. The Kier molecular flexibility index (Phi) is 5.71. The van der Waals surface area contributed by atoms with E-state index in [0.29, 0.717) is 28.2 Å². The van der Waals surface area contributed by atoms with Gasteiger partial charge in [-0.3, -0.25) is 4.79 Å². The summed E-state index contributed by atoms with van der Waals surface area (Å²) in [6.07, 6.45) is 1.05. The van der Waals surface area contributed by atoms with Crippen molar-refractivity contribution in [3.05, 3.63) is 83.5 Å². The van der Waals surface area contributed by atoms with Crippen molar-refractivity contribution in [1.82, 2.24) is 10.3 Å². The second-order valence-electron chi connectivity index (χ2n) is 7.83. The molecule has 3 aromatic carbocycles. The Morgan fingerprint density at radius 3 is 2.53 bits per heavy atom. The minimum absolute atomic E-state index is 0.220. The number of halogens is 1. The van der Waals surface area contributed by atoms with Crippen molar-refractivity contribution in [2.24, 2.45) is 0 Å². The molecule has 0 radical (unpaired) electrons. The number of H-pyrrole nitrogens is 1. The first-order valence-corrected chi connectivity index (χ1v) is 11.0. The number of benzene rings is 3. The van der Waals surface area contributed by atoms with Crippen LogP contribution >= 0.6 is 11.6 Å². The molecule has 0 spiro atoms. The van der Waals surface area contributed by atoms with Gasteiger partial charge < -0.3 is 25.7 Å². The number of aromatic amines is 1. The fraction of sp³-hybridized carbons (Fsp3) is 0.160. The van der Waals surface area contributed by atoms with Gasteiger partial charge in [0.1, 0.15) is 17.2 Å². The summed E-state index contributed by atoms with van der Waals surface area (Å²) in [6, 6.07) is 22.8. The van der Waals surface area contributed by atoms with Crippen molar-refractivity contribution >= 4 is 39.8 Å². The Hall–Kier alpha value is -3.48. The van der Waals surface area contributed by atoms with Crippen molar-refractivity contribution in [3.8, 4) is 11.5 Å². The minimum Gasteiger partial charge on any atom is -0.457 e. The topological polar surface area (TPSA) is 78.2 Å². The van der Waals surface area contributed by atoms with Crippen LogP contribution in [0.2, 0.25) is 5.02 Å². The lowest BCUT2D eigenvalue weighted by atomic mass is 10.2. The molecule has 1 saturated heterocycles. The van der Waals surface area contributed by atoms with Gasteiger partial charge in [0.05, 0.1) is 11.2 Å². The maximum Gasteiger partial charge on any atom is 0.272 e. The lowest BCUT2D eigenvalue weighted by Gasteiger charge is -2.14. The number of anilines is 2. The van der Waals surface area contributed by atoms with Gasteiger partial charge in [0.2, 0.25) is 0 Å². The van der Waals surface area contributed by atoms with Crippen molar-refractivity contribution in [1.29, 1.82) is 0 Å². The zero-order valence-corrected chi connectivity index (χ0v) is 18.1. The Balaban J connectivity index is 1.31. The molecule has 1 atom stereocenters. The Bertz CT molecular complexity index is 1230. The Morgan fingerprint density at radius 1 is 1.00 bits per heavy atom. The molecule has 1 aliphatic rings. The molecule has 32 heavy (non-hydrogen) atoms. The van der Waals surface area contributed by atoms with Gasteiger partial charge in [-0.25, -0.2) is 0 Å². The Labute approximate surface area is 190 Å². The van der Waals surface area contributed by atoms with Crippen LogP contribution in [0, 0.1) is 0 Å². The molecule has 0 aliphatic carbocycles. The molecule has 1 unspecified atom stereocenters. The van der Waals surface area contributed by atoms with Crippen molar-refractivity contribution in [2.75, 3.05) is 23.7 Å². The molecule has 7 heteroatoms. The average Bonchev–Trinajstić information content (AvgIpc) is 3.46. The van der Waals surface area contributed by atoms with Crippen LogP contribution < -0.4 is 20.7 Å². The van der Waals surface area contributed by atoms with E-state index in [1.165, 1.54) is 0 Å². The second-order valence-corrected chi connectivity index (χ2v) is 8.26. The van der Waals surface area contributed by atoms with Crippen LogP contribution in [0.25, 0.3) is 10.9 Å². The van der Waals surface area contributed by atoms with Crippen LogP contribution in [-0.4, -0.2) is 30.0 Å². The third-order valence-electron chi connectivity index (χ3n) is 5.45. The number of para-hydroxylation sites is 1. The molecular formula is C25H23ClN4O2. The normalized spacial score (nSPS) is 15.6. The van der Waals surface area contributed by atoms with Gasteiger partial charge >= 0.3 is 0 Å². The van der Waals surface area contributed by atoms with Gasteiger partial charge in [0.25, 0.3) is 5.91 Å². The predicted octanol–water partition coefficient (Wildman–Crippen LogP) is 5.64. The summed E-state index contributed by atoms with van der Waals surface area (Å²) >= 11 is 6.32. The molecule has 5 rings (SSSR count). The van der Waals surface area contributed by atoms with E-state index in [0.717, 1.165) is 41.9 Å². The number of carbonyl (C=O) groups is 1. The Morgan fingerprint density at radius 2 is 1.78 bits per heavy atom. The molecule has 4 aromatic rings. The maximum atomic E-state index is 12.9. The SMILES string of the molecule is O=C(Nc1ccc(Oc2ccccc2)cc1)c1cc2cc(Cl)cc(NC3CCNC3)c2[nH]1. The van der Waals surface area contributed by atoms with Crippen LogP contribution in [0.15, 0.2) is 72.8 Å². The third-order valence-corrected chi connectivity index (χ3v) is 5.67. The first-order valence-electron chi connectivity index (χ1n) is 10.6. The summed E-state index contributed by atoms with van der Waals surface area (Å²) in [5.41, 5.74) is 2.93. The number of amides is 1. The fourth-order valence-electron chi connectivity index (χ4n) is 3.87. The number of hydrogen-bond acceptors (Lipinski definition) is 4. The molecule has 1 amide bonds. The van der Waals surface area contributed by atoms with Crippen LogP contribution in [0.5, 0.6) is 11.5 Å². The van der Waals surface area contributed by atoms with Crippen molar-refractivity contribution in [3.63, 3.8) is 0 Å². The summed E-state index contributed by atoms with van der Waals surface area (Å²) in [5, 5.41) is 11.3. The van der Waals surface area contributed by atoms with Crippen LogP contribution in [0.1, 0.15) is 16.9 Å². The molecule has 1 aromatic heterocycles. The lowest BCUT2D eigenvalue weighted by Crippen LogP contribution is -2.22. The number of rotatable bonds is 6. The highest BCUT2D eigenvalue weighted by molar-refractivity contribution is 6.32. The molecule has 4 N–H and O–H groups in total. The van der Waals surface area contributed by atoms with E-state index in [1.54, 1.807) is 0 Å². The highest BCUT2D eigenvalue weighted by Crippen LogP contribution is 2.30. The number of nitrogens with one attached hydrogen (secondary N) is 4. The quantitative estimate of drug-likeness (QED) is 0.309. The van der Waals surface area contributed by atoms with Crippen molar-refractivity contribution in [2.45, 2.75) is 12.5 Å². The summed E-state index contributed by atoms with van der Waals surface area (Å²) in [4.78, 5) is 16.1. The number of ether oxygens (including phenoxy) is 1. The van der Waals surface area contributed by atoms with Gasteiger partial charge in [-0.15, -0.1) is 0 Å². The van der Waals surface area contributed by atoms with Gasteiger partial charge in [0.15, 0.2) is 0 Å². The first kappa shape index (κ1) is 20.4. The van der Waals surface area contributed by atoms with Gasteiger partial charge in [-0.2, -0.15) is 0 Å². The molecule has 0 bridgehead atoms. The van der Waals surface area contributed by atoms with Gasteiger partial charge in [0, 0.05) is 28.7 Å². The number of hydrogen-bond donors (Lipinski definition) is 4. The zero-order valence-electron chi connectivity index (χ0n) is 17.3. The highest BCUT2D eigenvalue weighted by Gasteiger charge is 2.18. The van der Waals surface area contributed by atoms with E-state index < -0.39 is 0 Å². The smallest absolute Gasteiger partial charge is 0.272 e. The second kappa shape index (κ2) is 8.94. The van der Waals surface area contributed by atoms with E-state index in [-0.39, 0.29) is 5.91 Å². The third kappa shape index (κ3) is 4.56. The monoisotopic (exact) mass is 446 g/mol. The summed E-state index contributed by atoms with van der Waals surface area (Å²) in [5.74, 6) is 1.24. The average molecular weight is 447 g/mol. The summed E-state index contributed by atoms with van der Waals surface area (Å²) < 4.78 is 5.80. The molecular weight excluding hydrogens is 424 g/mol. The van der Waals surface area contributed by atoms with Gasteiger partial charge in [-0.1, -0.05) is 29.8 Å². The molecule has 162 valence electrons. The fourth-order valence-corrected chi connectivity index (χ4v) is 4.10. The molecule has 1 aliphatic heterocycles. The van der Waals surface area contributed by atoms with Gasteiger partial charge in [-0.05, 0) is 67.6 Å². The van der Waals surface area contributed by atoms with Crippen LogP contribution in [0.4, 0.5) is 11.4 Å². The maximum absolute atomic E-state index is 12.9. The van der Waals surface area contributed by atoms with E-state index in [4.69, 9.17) is 16.3 Å².